The zero-order chi connectivity index (χ0) is 23.1. The predicted octanol–water partition coefficient (Wildman–Crippen LogP) is 6.53. The lowest BCUT2D eigenvalue weighted by Crippen LogP contribution is -2.04. The number of aromatic nitrogens is 5. The van der Waals surface area contributed by atoms with Gasteiger partial charge in [0.15, 0.2) is 16.8 Å². The van der Waals surface area contributed by atoms with E-state index in [0.29, 0.717) is 21.6 Å². The summed E-state index contributed by atoms with van der Waals surface area (Å²) < 4.78 is 1.97. The molecular formula is C26H18ClN5OS. The number of thioether (sulfide) groups is 1. The number of fused-ring (bicyclic) bond motifs is 2. The number of halogens is 1. The molecule has 3 aromatic carbocycles. The number of hydrogen-bond acceptors (Lipinski definition) is 4. The zero-order valence-corrected chi connectivity index (χ0v) is 19.4. The molecule has 34 heavy (non-hydrogen) atoms. The van der Waals surface area contributed by atoms with Gasteiger partial charge in [-0.25, -0.2) is 0 Å². The summed E-state index contributed by atoms with van der Waals surface area (Å²) in [5, 5.41) is 12.2. The standard InChI is InChI=1S/C26H18ClN5OS/c27-16-9-11-17(12-10-16)32-25(21-14-29-23-8-4-2-6-19(21)23)30-31-26(32)34-15-24(33)20-13-28-22-7-3-1-5-18(20)22/h1-14,28-29H,15H2. The summed E-state index contributed by atoms with van der Waals surface area (Å²) in [6, 6.07) is 23.4. The number of Topliss-reactive ketones (excluding diaryl/α,β-unsaturated/α-hetero) is 1. The molecule has 6 nitrogen and oxygen atoms in total. The number of benzene rings is 3. The minimum Gasteiger partial charge on any atom is -0.360 e. The summed E-state index contributed by atoms with van der Waals surface area (Å²) >= 11 is 7.51. The number of aromatic amines is 2. The van der Waals surface area contributed by atoms with Crippen molar-refractivity contribution in [1.29, 1.82) is 0 Å². The largest absolute Gasteiger partial charge is 0.360 e. The van der Waals surface area contributed by atoms with Crippen molar-refractivity contribution in [2.75, 3.05) is 5.75 Å². The first-order chi connectivity index (χ1) is 16.7. The highest BCUT2D eigenvalue weighted by Gasteiger charge is 2.20. The van der Waals surface area contributed by atoms with Crippen molar-refractivity contribution < 1.29 is 4.79 Å². The number of para-hydroxylation sites is 2. The fraction of sp³-hybridized carbons (Fsp3) is 0.0385. The number of carbonyl (C=O) groups is 1. The summed E-state index contributed by atoms with van der Waals surface area (Å²) in [7, 11) is 0. The van der Waals surface area contributed by atoms with Crippen molar-refractivity contribution in [3.63, 3.8) is 0 Å². The maximum Gasteiger partial charge on any atom is 0.196 e. The number of H-pyrrole nitrogens is 2. The van der Waals surface area contributed by atoms with Crippen molar-refractivity contribution in [2.45, 2.75) is 5.16 Å². The van der Waals surface area contributed by atoms with Gasteiger partial charge in [-0.05, 0) is 36.4 Å². The van der Waals surface area contributed by atoms with E-state index in [-0.39, 0.29) is 11.5 Å². The third-order valence-corrected chi connectivity index (χ3v) is 6.95. The molecule has 0 radical (unpaired) electrons. The van der Waals surface area contributed by atoms with E-state index in [0.717, 1.165) is 33.1 Å². The van der Waals surface area contributed by atoms with E-state index in [1.807, 2.05) is 77.5 Å². The first kappa shape index (κ1) is 20.8. The van der Waals surface area contributed by atoms with Crippen LogP contribution in [0.25, 0.3) is 38.9 Å². The van der Waals surface area contributed by atoms with Crippen LogP contribution in [0.3, 0.4) is 0 Å². The number of nitrogens with one attached hydrogen (secondary N) is 2. The minimum absolute atomic E-state index is 0.0294. The van der Waals surface area contributed by atoms with Gasteiger partial charge in [-0.3, -0.25) is 9.36 Å². The Morgan fingerprint density at radius 1 is 0.853 bits per heavy atom. The van der Waals surface area contributed by atoms with E-state index < -0.39 is 0 Å². The molecule has 166 valence electrons. The second-order valence-electron chi connectivity index (χ2n) is 7.83. The van der Waals surface area contributed by atoms with Gasteiger partial charge in [-0.2, -0.15) is 0 Å². The summed E-state index contributed by atoms with van der Waals surface area (Å²) in [5.74, 6) is 0.963. The van der Waals surface area contributed by atoms with Crippen LogP contribution in [0.4, 0.5) is 0 Å². The smallest absolute Gasteiger partial charge is 0.196 e. The highest BCUT2D eigenvalue weighted by Crippen LogP contribution is 2.33. The molecule has 0 fully saturated rings. The third-order valence-electron chi connectivity index (χ3n) is 5.77. The van der Waals surface area contributed by atoms with Crippen LogP contribution in [0.2, 0.25) is 5.02 Å². The van der Waals surface area contributed by atoms with Gasteiger partial charge < -0.3 is 9.97 Å². The lowest BCUT2D eigenvalue weighted by molar-refractivity contribution is 0.102. The zero-order valence-electron chi connectivity index (χ0n) is 17.8. The SMILES string of the molecule is O=C(CSc1nnc(-c2c[nH]c3ccccc23)n1-c1ccc(Cl)cc1)c1c[nH]c2ccccc12. The Morgan fingerprint density at radius 3 is 2.32 bits per heavy atom. The Kier molecular flexibility index (Phi) is 5.20. The monoisotopic (exact) mass is 483 g/mol. The molecule has 0 saturated heterocycles. The maximum atomic E-state index is 13.1. The minimum atomic E-state index is 0.0294. The molecule has 0 aliphatic rings. The molecule has 0 spiro atoms. The lowest BCUT2D eigenvalue weighted by Gasteiger charge is -2.10. The van der Waals surface area contributed by atoms with Crippen molar-refractivity contribution in [1.82, 2.24) is 24.7 Å². The van der Waals surface area contributed by atoms with E-state index in [1.165, 1.54) is 11.8 Å². The van der Waals surface area contributed by atoms with Crippen molar-refractivity contribution >= 4 is 51.0 Å². The van der Waals surface area contributed by atoms with Gasteiger partial charge >= 0.3 is 0 Å². The van der Waals surface area contributed by atoms with Gasteiger partial charge in [0.1, 0.15) is 0 Å². The summed E-state index contributed by atoms with van der Waals surface area (Å²) in [4.78, 5) is 19.5. The van der Waals surface area contributed by atoms with Gasteiger partial charge in [0, 0.05) is 56.0 Å². The lowest BCUT2D eigenvalue weighted by atomic mass is 10.1. The Morgan fingerprint density at radius 2 is 1.53 bits per heavy atom. The van der Waals surface area contributed by atoms with E-state index in [4.69, 9.17) is 11.6 Å². The van der Waals surface area contributed by atoms with Gasteiger partial charge in [0.05, 0.1) is 5.75 Å². The molecular weight excluding hydrogens is 466 g/mol. The van der Waals surface area contributed by atoms with Gasteiger partial charge in [-0.15, -0.1) is 10.2 Å². The van der Waals surface area contributed by atoms with Crippen LogP contribution in [0, 0.1) is 0 Å². The van der Waals surface area contributed by atoms with Gasteiger partial charge in [0.25, 0.3) is 0 Å². The Balaban J connectivity index is 1.39. The number of ketones is 1. The van der Waals surface area contributed by atoms with Crippen molar-refractivity contribution in [3.05, 3.63) is 95.8 Å². The molecule has 0 bridgehead atoms. The number of carbonyl (C=O) groups excluding carboxylic acids is 1. The molecule has 8 heteroatoms. The van der Waals surface area contributed by atoms with Crippen LogP contribution < -0.4 is 0 Å². The summed E-state index contributed by atoms with van der Waals surface area (Å²) in [6.45, 7) is 0. The molecule has 3 heterocycles. The van der Waals surface area contributed by atoms with Crippen LogP contribution in [0.5, 0.6) is 0 Å². The molecule has 3 aromatic heterocycles. The molecule has 0 atom stereocenters. The van der Waals surface area contributed by atoms with Gasteiger partial charge in [-0.1, -0.05) is 59.8 Å². The van der Waals surface area contributed by atoms with E-state index in [9.17, 15) is 4.79 Å². The number of rotatable bonds is 6. The van der Waals surface area contributed by atoms with E-state index in [2.05, 4.69) is 26.2 Å². The second-order valence-corrected chi connectivity index (χ2v) is 9.20. The van der Waals surface area contributed by atoms with Crippen LogP contribution in [0.15, 0.2) is 90.3 Å². The predicted molar refractivity (Wildman–Crippen MR) is 137 cm³/mol. The molecule has 6 aromatic rings. The molecule has 2 N–H and O–H groups in total. The average molecular weight is 484 g/mol. The number of hydrogen-bond donors (Lipinski definition) is 2. The third kappa shape index (κ3) is 3.59. The molecule has 6 rings (SSSR count). The van der Waals surface area contributed by atoms with Crippen LogP contribution in [-0.4, -0.2) is 36.3 Å². The Bertz CT molecular complexity index is 1650. The first-order valence-electron chi connectivity index (χ1n) is 10.7. The molecule has 0 aliphatic carbocycles. The van der Waals surface area contributed by atoms with Crippen molar-refractivity contribution in [3.8, 4) is 17.1 Å². The highest BCUT2D eigenvalue weighted by atomic mass is 35.5. The molecule has 0 unspecified atom stereocenters. The highest BCUT2D eigenvalue weighted by molar-refractivity contribution is 7.99. The van der Waals surface area contributed by atoms with E-state index >= 15 is 0 Å². The second kappa shape index (κ2) is 8.52. The normalized spacial score (nSPS) is 11.4. The van der Waals surface area contributed by atoms with Gasteiger partial charge in [0.2, 0.25) is 0 Å². The van der Waals surface area contributed by atoms with Crippen LogP contribution >= 0.6 is 23.4 Å². The molecule has 0 aliphatic heterocycles. The maximum absolute atomic E-state index is 13.1. The Labute approximate surface area is 204 Å². The van der Waals surface area contributed by atoms with E-state index in [1.54, 1.807) is 6.20 Å². The summed E-state index contributed by atoms with van der Waals surface area (Å²) in [6.07, 6.45) is 3.71. The summed E-state index contributed by atoms with van der Waals surface area (Å²) in [5.41, 5.74) is 4.45. The average Bonchev–Trinajstić information content (AvgIpc) is 3.59. The van der Waals surface area contributed by atoms with Crippen LogP contribution in [0.1, 0.15) is 10.4 Å². The quantitative estimate of drug-likeness (QED) is 0.208. The molecule has 0 amide bonds. The number of nitrogens with zero attached hydrogens (tertiary/aromatic N) is 3. The topological polar surface area (TPSA) is 79.4 Å². The Hall–Kier alpha value is -3.81. The van der Waals surface area contributed by atoms with Crippen LogP contribution in [-0.2, 0) is 0 Å². The fourth-order valence-corrected chi connectivity index (χ4v) is 5.09. The first-order valence-corrected chi connectivity index (χ1v) is 12.1. The van der Waals surface area contributed by atoms with Crippen molar-refractivity contribution in [2.24, 2.45) is 0 Å². The fourth-order valence-electron chi connectivity index (χ4n) is 4.13. The molecule has 0 saturated carbocycles.